The molecule has 1 heterocycles. The van der Waals surface area contributed by atoms with E-state index in [4.69, 9.17) is 5.26 Å². The standard InChI is InChI=1S/C19H16FN3O2S/c1-12-4-3-5-16(13(12)2)19-9-15(11-22-19)26(24,25)23-18-7-6-14(10-21)8-17(18)20/h3-9,11,22-23H,1-2H3. The van der Waals surface area contributed by atoms with Gasteiger partial charge in [0.25, 0.3) is 10.0 Å². The highest BCUT2D eigenvalue weighted by atomic mass is 32.2. The minimum absolute atomic E-state index is 0.00262. The van der Waals surface area contributed by atoms with Crippen molar-refractivity contribution in [3.63, 3.8) is 0 Å². The molecule has 2 N–H and O–H groups in total. The van der Waals surface area contributed by atoms with Crippen LogP contribution in [0.4, 0.5) is 10.1 Å². The molecule has 3 rings (SSSR count). The molecule has 0 amide bonds. The monoisotopic (exact) mass is 369 g/mol. The van der Waals surface area contributed by atoms with Crippen molar-refractivity contribution in [2.45, 2.75) is 18.7 Å². The van der Waals surface area contributed by atoms with Crippen molar-refractivity contribution in [1.29, 1.82) is 5.26 Å². The van der Waals surface area contributed by atoms with E-state index >= 15 is 0 Å². The summed E-state index contributed by atoms with van der Waals surface area (Å²) in [6.07, 6.45) is 1.36. The third kappa shape index (κ3) is 3.32. The number of aryl methyl sites for hydroxylation is 1. The quantitative estimate of drug-likeness (QED) is 0.726. The largest absolute Gasteiger partial charge is 0.360 e. The van der Waals surface area contributed by atoms with Crippen LogP contribution in [0.3, 0.4) is 0 Å². The molecule has 0 aliphatic heterocycles. The van der Waals surface area contributed by atoms with E-state index in [1.807, 2.05) is 32.0 Å². The first-order chi connectivity index (χ1) is 12.3. The first-order valence-electron chi connectivity index (χ1n) is 7.79. The maximum absolute atomic E-state index is 14.0. The van der Waals surface area contributed by atoms with Gasteiger partial charge in [-0.15, -0.1) is 0 Å². The molecule has 26 heavy (non-hydrogen) atoms. The number of sulfonamides is 1. The Morgan fingerprint density at radius 1 is 1.15 bits per heavy atom. The molecule has 7 heteroatoms. The number of rotatable bonds is 4. The third-order valence-corrected chi connectivity index (χ3v) is 5.55. The van der Waals surface area contributed by atoms with Crippen LogP contribution in [-0.2, 0) is 10.0 Å². The maximum Gasteiger partial charge on any atom is 0.263 e. The van der Waals surface area contributed by atoms with E-state index in [9.17, 15) is 12.8 Å². The van der Waals surface area contributed by atoms with Gasteiger partial charge in [-0.05, 0) is 49.2 Å². The van der Waals surface area contributed by atoms with Gasteiger partial charge in [-0.3, -0.25) is 4.72 Å². The zero-order chi connectivity index (χ0) is 18.9. The van der Waals surface area contributed by atoms with E-state index in [0.717, 1.165) is 22.8 Å². The zero-order valence-electron chi connectivity index (χ0n) is 14.2. The van der Waals surface area contributed by atoms with Gasteiger partial charge in [0.1, 0.15) is 10.7 Å². The van der Waals surface area contributed by atoms with Gasteiger partial charge < -0.3 is 4.98 Å². The van der Waals surface area contributed by atoms with Crippen LogP contribution >= 0.6 is 0 Å². The normalized spacial score (nSPS) is 11.2. The molecule has 0 unspecified atom stereocenters. The molecule has 0 aliphatic carbocycles. The lowest BCUT2D eigenvalue weighted by atomic mass is 10.0. The molecule has 2 aromatic carbocycles. The number of aromatic amines is 1. The molecule has 0 spiro atoms. The second-order valence-corrected chi connectivity index (χ2v) is 7.59. The van der Waals surface area contributed by atoms with Crippen molar-refractivity contribution in [2.24, 2.45) is 0 Å². The zero-order valence-corrected chi connectivity index (χ0v) is 15.0. The minimum Gasteiger partial charge on any atom is -0.360 e. The van der Waals surface area contributed by atoms with E-state index in [1.165, 1.54) is 24.4 Å². The average molecular weight is 369 g/mol. The summed E-state index contributed by atoms with van der Waals surface area (Å²) in [6, 6.07) is 12.6. The summed E-state index contributed by atoms with van der Waals surface area (Å²) in [5.41, 5.74) is 3.61. The SMILES string of the molecule is Cc1cccc(-c2cc(S(=O)(=O)Nc3ccc(C#N)cc3F)c[nH]2)c1C. The minimum atomic E-state index is -3.97. The molecule has 0 saturated heterocycles. The number of nitrogens with one attached hydrogen (secondary N) is 2. The van der Waals surface area contributed by atoms with Gasteiger partial charge in [-0.1, -0.05) is 18.2 Å². The van der Waals surface area contributed by atoms with E-state index in [-0.39, 0.29) is 16.1 Å². The topological polar surface area (TPSA) is 85.8 Å². The summed E-state index contributed by atoms with van der Waals surface area (Å²) in [4.78, 5) is 2.96. The highest BCUT2D eigenvalue weighted by Crippen LogP contribution is 2.27. The Balaban J connectivity index is 1.93. The molecule has 3 aromatic rings. The average Bonchev–Trinajstić information content (AvgIpc) is 3.10. The summed E-state index contributed by atoms with van der Waals surface area (Å²) in [5.74, 6) is -0.807. The lowest BCUT2D eigenvalue weighted by Crippen LogP contribution is -2.13. The van der Waals surface area contributed by atoms with Crippen LogP contribution in [0.2, 0.25) is 0 Å². The molecule has 5 nitrogen and oxygen atoms in total. The van der Waals surface area contributed by atoms with Crippen LogP contribution in [0.1, 0.15) is 16.7 Å². The van der Waals surface area contributed by atoms with Gasteiger partial charge in [0.05, 0.1) is 17.3 Å². The third-order valence-electron chi connectivity index (χ3n) is 4.20. The molecule has 132 valence electrons. The van der Waals surface area contributed by atoms with Crippen LogP contribution in [0.5, 0.6) is 0 Å². The smallest absolute Gasteiger partial charge is 0.263 e. The van der Waals surface area contributed by atoms with E-state index in [2.05, 4.69) is 9.71 Å². The fourth-order valence-corrected chi connectivity index (χ4v) is 3.66. The van der Waals surface area contributed by atoms with Gasteiger partial charge in [0, 0.05) is 17.5 Å². The van der Waals surface area contributed by atoms with Crippen molar-refractivity contribution >= 4 is 15.7 Å². The van der Waals surface area contributed by atoms with Gasteiger partial charge >= 0.3 is 0 Å². The summed E-state index contributed by atoms with van der Waals surface area (Å²) >= 11 is 0. The van der Waals surface area contributed by atoms with Crippen molar-refractivity contribution in [3.05, 3.63) is 71.2 Å². The van der Waals surface area contributed by atoms with Gasteiger partial charge in [0.2, 0.25) is 0 Å². The number of hydrogen-bond acceptors (Lipinski definition) is 3. The number of anilines is 1. The number of hydrogen-bond donors (Lipinski definition) is 2. The second kappa shape index (κ2) is 6.65. The molecule has 0 saturated carbocycles. The molecule has 0 radical (unpaired) electrons. The van der Waals surface area contributed by atoms with E-state index in [1.54, 1.807) is 6.07 Å². The maximum atomic E-state index is 14.0. The van der Waals surface area contributed by atoms with Crippen LogP contribution in [0, 0.1) is 31.0 Å². The summed E-state index contributed by atoms with van der Waals surface area (Å²) in [6.45, 7) is 3.94. The van der Waals surface area contributed by atoms with Gasteiger partial charge in [0.15, 0.2) is 0 Å². The number of H-pyrrole nitrogens is 1. The molecule has 0 bridgehead atoms. The molecule has 0 fully saturated rings. The number of benzene rings is 2. The predicted octanol–water partition coefficient (Wildman–Crippen LogP) is 4.11. The predicted molar refractivity (Wildman–Crippen MR) is 97.6 cm³/mol. The summed E-state index contributed by atoms with van der Waals surface area (Å²) in [5, 5.41) is 8.76. The molecule has 0 aliphatic rings. The van der Waals surface area contributed by atoms with Gasteiger partial charge in [-0.2, -0.15) is 5.26 Å². The first-order valence-corrected chi connectivity index (χ1v) is 9.27. The van der Waals surface area contributed by atoms with Crippen LogP contribution in [0.15, 0.2) is 53.6 Å². The van der Waals surface area contributed by atoms with Crippen molar-refractivity contribution in [2.75, 3.05) is 4.72 Å². The lowest BCUT2D eigenvalue weighted by molar-refractivity contribution is 0.598. The van der Waals surface area contributed by atoms with E-state index in [0.29, 0.717) is 5.69 Å². The molecular formula is C19H16FN3O2S. The van der Waals surface area contributed by atoms with Crippen molar-refractivity contribution in [3.8, 4) is 17.3 Å². The van der Waals surface area contributed by atoms with Crippen LogP contribution < -0.4 is 4.72 Å². The molecule has 1 aromatic heterocycles. The van der Waals surface area contributed by atoms with Crippen LogP contribution in [0.25, 0.3) is 11.3 Å². The Labute approximate surface area is 151 Å². The highest BCUT2D eigenvalue weighted by molar-refractivity contribution is 7.92. The lowest BCUT2D eigenvalue weighted by Gasteiger charge is -2.08. The fourth-order valence-electron chi connectivity index (χ4n) is 2.60. The van der Waals surface area contributed by atoms with Crippen molar-refractivity contribution < 1.29 is 12.8 Å². The number of nitrogens with zero attached hydrogens (tertiary/aromatic N) is 1. The highest BCUT2D eigenvalue weighted by Gasteiger charge is 2.19. The Bertz CT molecular complexity index is 1130. The molecule has 0 atom stereocenters. The summed E-state index contributed by atoms with van der Waals surface area (Å²) in [7, 11) is -3.97. The summed E-state index contributed by atoms with van der Waals surface area (Å²) < 4.78 is 41.3. The number of nitriles is 1. The van der Waals surface area contributed by atoms with Crippen LogP contribution in [-0.4, -0.2) is 13.4 Å². The number of aromatic nitrogens is 1. The Morgan fingerprint density at radius 3 is 2.62 bits per heavy atom. The Hall–Kier alpha value is -3.11. The van der Waals surface area contributed by atoms with Gasteiger partial charge in [-0.25, -0.2) is 12.8 Å². The first kappa shape index (κ1) is 17.7. The molecular weight excluding hydrogens is 353 g/mol. The van der Waals surface area contributed by atoms with E-state index < -0.39 is 15.8 Å². The van der Waals surface area contributed by atoms with Crippen molar-refractivity contribution in [1.82, 2.24) is 4.98 Å². The Kier molecular flexibility index (Phi) is 4.53. The fraction of sp³-hybridized carbons (Fsp3) is 0.105. The number of halogens is 1. The second-order valence-electron chi connectivity index (χ2n) is 5.91. The Morgan fingerprint density at radius 2 is 1.92 bits per heavy atom.